The maximum atomic E-state index is 6.20. The van der Waals surface area contributed by atoms with Gasteiger partial charge in [0.25, 0.3) is 0 Å². The zero-order valence-corrected chi connectivity index (χ0v) is 27.3. The number of rotatable bonds is 5. The molecule has 0 aliphatic heterocycles. The van der Waals surface area contributed by atoms with Crippen LogP contribution in [0.5, 0.6) is 0 Å². The van der Waals surface area contributed by atoms with Gasteiger partial charge in [-0.25, -0.2) is 0 Å². The first-order valence-electron chi connectivity index (χ1n) is 17.1. The quantitative estimate of drug-likeness (QED) is 0.175. The van der Waals surface area contributed by atoms with Crippen molar-refractivity contribution >= 4 is 71.3 Å². The summed E-state index contributed by atoms with van der Waals surface area (Å²) < 4.78 is 6.20. The zero-order valence-electron chi connectivity index (χ0n) is 27.3. The Morgan fingerprint density at radius 3 is 1.68 bits per heavy atom. The van der Waals surface area contributed by atoms with E-state index < -0.39 is 0 Å². The third kappa shape index (κ3) is 4.65. The molecule has 0 atom stereocenters. The molecule has 0 aliphatic rings. The minimum absolute atomic E-state index is 0.921. The van der Waals surface area contributed by atoms with Crippen LogP contribution >= 0.6 is 0 Å². The third-order valence-corrected chi connectivity index (χ3v) is 10.0. The molecule has 9 aromatic carbocycles. The van der Waals surface area contributed by atoms with Crippen LogP contribution in [0, 0.1) is 0 Å². The Hall–Kier alpha value is -6.64. The first kappa shape index (κ1) is 28.4. The van der Waals surface area contributed by atoms with Crippen LogP contribution in [0.3, 0.4) is 0 Å². The molecule has 0 fully saturated rings. The van der Waals surface area contributed by atoms with Gasteiger partial charge in [0.1, 0.15) is 11.2 Å². The highest BCUT2D eigenvalue weighted by Gasteiger charge is 2.15. The first-order chi connectivity index (χ1) is 24.8. The Morgan fingerprint density at radius 1 is 0.320 bits per heavy atom. The zero-order chi connectivity index (χ0) is 33.0. The molecule has 1 heterocycles. The molecule has 0 saturated carbocycles. The van der Waals surface area contributed by atoms with Crippen molar-refractivity contribution in [2.24, 2.45) is 0 Å². The average Bonchev–Trinajstić information content (AvgIpc) is 3.58. The molecule has 50 heavy (non-hydrogen) atoms. The van der Waals surface area contributed by atoms with Gasteiger partial charge in [-0.1, -0.05) is 127 Å². The fourth-order valence-electron chi connectivity index (χ4n) is 7.63. The van der Waals surface area contributed by atoms with Crippen LogP contribution in [0.2, 0.25) is 0 Å². The molecule has 0 radical (unpaired) electrons. The fraction of sp³-hybridized carbons (Fsp3) is 0. The lowest BCUT2D eigenvalue weighted by Crippen LogP contribution is -2.09. The summed E-state index contributed by atoms with van der Waals surface area (Å²) >= 11 is 0. The largest absolute Gasteiger partial charge is 0.456 e. The van der Waals surface area contributed by atoms with Crippen molar-refractivity contribution in [3.63, 3.8) is 0 Å². The Bertz CT molecular complexity index is 2850. The monoisotopic (exact) mass is 637 g/mol. The molecular formula is C48H31NO. The maximum absolute atomic E-state index is 6.20. The molecule has 2 nitrogen and oxygen atoms in total. The molecule has 0 saturated heterocycles. The summed E-state index contributed by atoms with van der Waals surface area (Å²) in [6.07, 6.45) is 0. The van der Waals surface area contributed by atoms with E-state index in [2.05, 4.69) is 181 Å². The van der Waals surface area contributed by atoms with E-state index in [0.717, 1.165) is 33.6 Å². The van der Waals surface area contributed by atoms with E-state index >= 15 is 0 Å². The molecular weight excluding hydrogens is 607 g/mol. The lowest BCUT2D eigenvalue weighted by Gasteiger charge is -2.26. The van der Waals surface area contributed by atoms with E-state index in [-0.39, 0.29) is 0 Å². The van der Waals surface area contributed by atoms with Crippen LogP contribution in [0.15, 0.2) is 192 Å². The SMILES string of the molecule is c1ccc(N(c2ccc(-c3ccc4ccc5oc6ccccc6c5c4c3)cc2)c2ccc(-c3cc4ccccc4c4ccccc34)cc2)cc1. The lowest BCUT2D eigenvalue weighted by atomic mass is 9.93. The van der Waals surface area contributed by atoms with Crippen LogP contribution in [0.1, 0.15) is 0 Å². The van der Waals surface area contributed by atoms with Gasteiger partial charge >= 0.3 is 0 Å². The van der Waals surface area contributed by atoms with Gasteiger partial charge in [0, 0.05) is 27.8 Å². The standard InChI is InChI=1S/C48H31NO/c1-2-11-37(12-3-1)49(39-27-22-33(23-28-39)44-31-36-10-4-5-13-40(36)41-14-6-7-15-42(41)44)38-25-20-32(21-26-38)35-19-18-34-24-29-47-48(45(34)30-35)43-16-8-9-17-46(43)50-47/h1-31H. The molecule has 2 heteroatoms. The first-order valence-corrected chi connectivity index (χ1v) is 17.1. The average molecular weight is 638 g/mol. The van der Waals surface area contributed by atoms with Gasteiger partial charge in [-0.05, 0) is 115 Å². The highest BCUT2D eigenvalue weighted by molar-refractivity contribution is 6.19. The lowest BCUT2D eigenvalue weighted by molar-refractivity contribution is 0.669. The number of nitrogens with zero attached hydrogens (tertiary/aromatic N) is 1. The topological polar surface area (TPSA) is 16.4 Å². The summed E-state index contributed by atoms with van der Waals surface area (Å²) in [4.78, 5) is 2.33. The van der Waals surface area contributed by atoms with Gasteiger partial charge in [0.2, 0.25) is 0 Å². The minimum Gasteiger partial charge on any atom is -0.456 e. The summed E-state index contributed by atoms with van der Waals surface area (Å²) in [6.45, 7) is 0. The number of para-hydroxylation sites is 2. The van der Waals surface area contributed by atoms with E-state index in [1.807, 2.05) is 12.1 Å². The smallest absolute Gasteiger partial charge is 0.136 e. The van der Waals surface area contributed by atoms with Crippen LogP contribution in [-0.4, -0.2) is 0 Å². The van der Waals surface area contributed by atoms with Gasteiger partial charge in [0.15, 0.2) is 0 Å². The van der Waals surface area contributed by atoms with E-state index in [1.165, 1.54) is 60.0 Å². The van der Waals surface area contributed by atoms with Gasteiger partial charge in [-0.2, -0.15) is 0 Å². The van der Waals surface area contributed by atoms with Crippen molar-refractivity contribution in [2.45, 2.75) is 0 Å². The second-order valence-corrected chi connectivity index (χ2v) is 12.9. The normalized spacial score (nSPS) is 11.6. The Kier molecular flexibility index (Phi) is 6.53. The second-order valence-electron chi connectivity index (χ2n) is 12.9. The molecule has 234 valence electrons. The van der Waals surface area contributed by atoms with Gasteiger partial charge in [-0.3, -0.25) is 0 Å². The van der Waals surface area contributed by atoms with Gasteiger partial charge < -0.3 is 9.32 Å². The summed E-state index contributed by atoms with van der Waals surface area (Å²) in [5.74, 6) is 0. The molecule has 0 amide bonds. The molecule has 0 spiro atoms. The fourth-order valence-corrected chi connectivity index (χ4v) is 7.63. The molecule has 1 aromatic heterocycles. The van der Waals surface area contributed by atoms with Crippen molar-refractivity contribution in [3.05, 3.63) is 188 Å². The van der Waals surface area contributed by atoms with E-state index in [4.69, 9.17) is 4.42 Å². The van der Waals surface area contributed by atoms with Crippen molar-refractivity contribution < 1.29 is 4.42 Å². The Morgan fingerprint density at radius 2 is 0.900 bits per heavy atom. The third-order valence-electron chi connectivity index (χ3n) is 10.0. The maximum Gasteiger partial charge on any atom is 0.136 e. The number of fused-ring (bicyclic) bond motifs is 8. The van der Waals surface area contributed by atoms with Gasteiger partial charge in [0.05, 0.1) is 0 Å². The number of furan rings is 1. The summed E-state index contributed by atoms with van der Waals surface area (Å²) in [5, 5.41) is 9.83. The predicted molar refractivity (Wildman–Crippen MR) is 212 cm³/mol. The molecule has 10 rings (SSSR count). The minimum atomic E-state index is 0.921. The second kappa shape index (κ2) is 11.5. The summed E-state index contributed by atoms with van der Waals surface area (Å²) in [6, 6.07) is 67.5. The van der Waals surface area contributed by atoms with Crippen molar-refractivity contribution in [3.8, 4) is 22.3 Å². The number of anilines is 3. The van der Waals surface area contributed by atoms with Crippen LogP contribution < -0.4 is 4.90 Å². The summed E-state index contributed by atoms with van der Waals surface area (Å²) in [5.41, 5.74) is 9.98. The van der Waals surface area contributed by atoms with E-state index in [1.54, 1.807) is 0 Å². The Balaban J connectivity index is 1.04. The molecule has 10 aromatic rings. The number of hydrogen-bond donors (Lipinski definition) is 0. The summed E-state index contributed by atoms with van der Waals surface area (Å²) in [7, 11) is 0. The van der Waals surface area contributed by atoms with Crippen molar-refractivity contribution in [2.75, 3.05) is 4.90 Å². The number of hydrogen-bond acceptors (Lipinski definition) is 2. The van der Waals surface area contributed by atoms with Crippen LogP contribution in [0.25, 0.3) is 76.5 Å². The van der Waals surface area contributed by atoms with E-state index in [9.17, 15) is 0 Å². The van der Waals surface area contributed by atoms with Crippen molar-refractivity contribution in [1.82, 2.24) is 0 Å². The highest BCUT2D eigenvalue weighted by atomic mass is 16.3. The molecule has 0 bridgehead atoms. The Labute approximate surface area is 290 Å². The van der Waals surface area contributed by atoms with Crippen molar-refractivity contribution in [1.29, 1.82) is 0 Å². The predicted octanol–water partition coefficient (Wildman–Crippen LogP) is 13.8. The van der Waals surface area contributed by atoms with Crippen LogP contribution in [-0.2, 0) is 0 Å². The highest BCUT2D eigenvalue weighted by Crippen LogP contribution is 2.40. The molecule has 0 unspecified atom stereocenters. The molecule has 0 aliphatic carbocycles. The van der Waals surface area contributed by atoms with E-state index in [0.29, 0.717) is 0 Å². The number of benzene rings is 9. The molecule has 0 N–H and O–H groups in total. The van der Waals surface area contributed by atoms with Crippen LogP contribution in [0.4, 0.5) is 17.1 Å². The van der Waals surface area contributed by atoms with Gasteiger partial charge in [-0.15, -0.1) is 0 Å².